The van der Waals surface area contributed by atoms with E-state index in [9.17, 15) is 19.5 Å². The lowest BCUT2D eigenvalue weighted by Crippen LogP contribution is -2.54. The van der Waals surface area contributed by atoms with E-state index < -0.39 is 23.8 Å². The van der Waals surface area contributed by atoms with Gasteiger partial charge in [0.2, 0.25) is 11.8 Å². The van der Waals surface area contributed by atoms with Crippen LogP contribution in [0.5, 0.6) is 5.75 Å². The third kappa shape index (κ3) is 9.70. The first-order valence-corrected chi connectivity index (χ1v) is 13.1. The summed E-state index contributed by atoms with van der Waals surface area (Å²) >= 11 is 0. The molecule has 0 spiro atoms. The minimum Gasteiger partial charge on any atom is -0.507 e. The van der Waals surface area contributed by atoms with Gasteiger partial charge >= 0.3 is 6.09 Å². The van der Waals surface area contributed by atoms with Gasteiger partial charge in [0.05, 0.1) is 0 Å². The lowest BCUT2D eigenvalue weighted by molar-refractivity contribution is -0.143. The number of aromatic hydroxyl groups is 1. The Labute approximate surface area is 217 Å². The van der Waals surface area contributed by atoms with Crippen LogP contribution in [0.25, 0.3) is 0 Å². The molecule has 0 heterocycles. The lowest BCUT2D eigenvalue weighted by atomic mass is 9.97. The third-order valence-corrected chi connectivity index (χ3v) is 5.68. The van der Waals surface area contributed by atoms with Crippen LogP contribution in [0.2, 0.25) is 0 Å². The van der Waals surface area contributed by atoms with Crippen molar-refractivity contribution in [3.8, 4) is 5.75 Å². The Bertz CT molecular complexity index is 878. The number of hydrogen-bond acceptors (Lipinski definition) is 5. The smallest absolute Gasteiger partial charge is 0.408 e. The Morgan fingerprint density at radius 2 is 1.69 bits per heavy atom. The quantitative estimate of drug-likeness (QED) is 0.361. The van der Waals surface area contributed by atoms with Crippen LogP contribution in [-0.4, -0.2) is 52.1 Å². The minimum atomic E-state index is -1.05. The molecule has 0 saturated carbocycles. The average molecular weight is 506 g/mol. The zero-order valence-electron chi connectivity index (χ0n) is 23.6. The number of nitrogens with one attached hydrogen (secondary N) is 2. The van der Waals surface area contributed by atoms with E-state index in [-0.39, 0.29) is 36.1 Å². The van der Waals surface area contributed by atoms with Crippen molar-refractivity contribution in [2.24, 2.45) is 5.92 Å². The number of hydrogen-bond donors (Lipinski definition) is 3. The molecule has 0 bridgehead atoms. The van der Waals surface area contributed by atoms with Crippen LogP contribution in [0.1, 0.15) is 98.2 Å². The first kappa shape index (κ1) is 31.3. The largest absolute Gasteiger partial charge is 0.507 e. The highest BCUT2D eigenvalue weighted by Crippen LogP contribution is 2.33. The fourth-order valence-electron chi connectivity index (χ4n) is 4.13. The molecular weight excluding hydrogens is 458 g/mol. The van der Waals surface area contributed by atoms with Gasteiger partial charge in [0, 0.05) is 18.2 Å². The molecule has 204 valence electrons. The van der Waals surface area contributed by atoms with Crippen LogP contribution in [0.3, 0.4) is 0 Å². The summed E-state index contributed by atoms with van der Waals surface area (Å²) in [4.78, 5) is 41.7. The van der Waals surface area contributed by atoms with Crippen molar-refractivity contribution in [3.63, 3.8) is 0 Å². The van der Waals surface area contributed by atoms with Crippen molar-refractivity contribution >= 4 is 17.9 Å². The molecule has 3 N–H and O–H groups in total. The van der Waals surface area contributed by atoms with E-state index in [1.54, 1.807) is 45.9 Å². The van der Waals surface area contributed by atoms with Gasteiger partial charge in [0.25, 0.3) is 0 Å². The summed E-state index contributed by atoms with van der Waals surface area (Å²) in [6.45, 7) is 17.1. The van der Waals surface area contributed by atoms with Crippen LogP contribution in [0.4, 0.5) is 4.79 Å². The number of nitrogens with zero attached hydrogens (tertiary/aromatic N) is 1. The molecule has 0 saturated heterocycles. The molecule has 0 aliphatic heterocycles. The Morgan fingerprint density at radius 1 is 1.06 bits per heavy atom. The molecule has 36 heavy (non-hydrogen) atoms. The summed E-state index contributed by atoms with van der Waals surface area (Å²) < 4.78 is 5.41. The Morgan fingerprint density at radius 3 is 2.22 bits per heavy atom. The number of aryl methyl sites for hydroxylation is 1. The lowest BCUT2D eigenvalue weighted by Gasteiger charge is -2.35. The number of phenols is 1. The number of carbonyl (C=O) groups is 3. The number of para-hydroxylation sites is 1. The minimum absolute atomic E-state index is 0.0183. The molecule has 0 aliphatic rings. The highest BCUT2D eigenvalue weighted by atomic mass is 16.6. The van der Waals surface area contributed by atoms with E-state index in [0.29, 0.717) is 24.0 Å². The van der Waals surface area contributed by atoms with E-state index in [1.165, 1.54) is 4.90 Å². The van der Waals surface area contributed by atoms with E-state index in [1.807, 2.05) is 34.6 Å². The van der Waals surface area contributed by atoms with Gasteiger partial charge in [-0.05, 0) is 65.4 Å². The fraction of sp³-hybridized carbons (Fsp3) is 0.679. The zero-order chi connectivity index (χ0) is 27.6. The van der Waals surface area contributed by atoms with Gasteiger partial charge in [-0.25, -0.2) is 4.79 Å². The van der Waals surface area contributed by atoms with E-state index in [4.69, 9.17) is 4.74 Å². The van der Waals surface area contributed by atoms with Gasteiger partial charge in [0.1, 0.15) is 23.4 Å². The second kappa shape index (κ2) is 14.1. The van der Waals surface area contributed by atoms with Crippen LogP contribution < -0.4 is 10.6 Å². The molecule has 8 heteroatoms. The molecule has 0 fully saturated rings. The topological polar surface area (TPSA) is 108 Å². The summed E-state index contributed by atoms with van der Waals surface area (Å²) in [6, 6.07) is 3.16. The summed E-state index contributed by atoms with van der Waals surface area (Å²) in [5, 5.41) is 16.6. The van der Waals surface area contributed by atoms with Crippen LogP contribution in [0.15, 0.2) is 18.2 Å². The normalized spacial score (nSPS) is 14.1. The predicted octanol–water partition coefficient (Wildman–Crippen LogP) is 5.22. The van der Waals surface area contributed by atoms with Crippen molar-refractivity contribution in [1.29, 1.82) is 0 Å². The molecule has 0 aromatic heterocycles. The summed E-state index contributed by atoms with van der Waals surface area (Å²) in [6.07, 6.45) is 1.96. The second-order valence-corrected chi connectivity index (χ2v) is 11.0. The number of ether oxygens (including phenoxy) is 1. The van der Waals surface area contributed by atoms with Crippen LogP contribution in [0, 0.1) is 12.8 Å². The van der Waals surface area contributed by atoms with Crippen molar-refractivity contribution in [1.82, 2.24) is 15.5 Å². The standard InChI is InChI=1S/C28H47N3O5/c1-10-13-20(6)29-25(33)23(21-15-12-14-19(5)24(21)32)31(16-11-2)26(34)22(17-18(3)4)30-27(35)36-28(7,8)9/h12,14-15,18,20,22-23,32H,10-11,13,16-17H2,1-9H3,(H,29,33)(H,30,35). The summed E-state index contributed by atoms with van der Waals surface area (Å²) in [5.74, 6) is -0.670. The van der Waals surface area contributed by atoms with Crippen LogP contribution >= 0.6 is 0 Å². The van der Waals surface area contributed by atoms with Gasteiger partial charge in [0.15, 0.2) is 0 Å². The Hall–Kier alpha value is -2.77. The van der Waals surface area contributed by atoms with Gasteiger partial charge < -0.3 is 25.4 Å². The van der Waals surface area contributed by atoms with Gasteiger partial charge in [-0.15, -0.1) is 0 Å². The van der Waals surface area contributed by atoms with Crippen molar-refractivity contribution in [2.45, 2.75) is 112 Å². The molecule has 3 atom stereocenters. The highest BCUT2D eigenvalue weighted by Gasteiger charge is 2.37. The number of carbonyl (C=O) groups excluding carboxylic acids is 3. The summed E-state index contributed by atoms with van der Waals surface area (Å²) in [7, 11) is 0. The molecule has 0 radical (unpaired) electrons. The number of amides is 3. The monoisotopic (exact) mass is 505 g/mol. The maximum Gasteiger partial charge on any atom is 0.408 e. The molecule has 3 unspecified atom stereocenters. The summed E-state index contributed by atoms with van der Waals surface area (Å²) in [5.41, 5.74) is 0.254. The van der Waals surface area contributed by atoms with E-state index >= 15 is 0 Å². The number of alkyl carbamates (subject to hydrolysis) is 1. The highest BCUT2D eigenvalue weighted by molar-refractivity contribution is 5.92. The molecule has 1 aromatic rings. The average Bonchev–Trinajstić information content (AvgIpc) is 2.73. The van der Waals surface area contributed by atoms with Gasteiger partial charge in [-0.2, -0.15) is 0 Å². The predicted molar refractivity (Wildman–Crippen MR) is 143 cm³/mol. The molecule has 3 amide bonds. The third-order valence-electron chi connectivity index (χ3n) is 5.68. The van der Waals surface area contributed by atoms with Crippen molar-refractivity contribution in [3.05, 3.63) is 29.3 Å². The molecule has 0 aliphatic carbocycles. The molecule has 1 rings (SSSR count). The van der Waals surface area contributed by atoms with E-state index in [2.05, 4.69) is 10.6 Å². The number of phenolic OH excluding ortho intramolecular Hbond substituents is 1. The van der Waals surface area contributed by atoms with Crippen molar-refractivity contribution in [2.75, 3.05) is 6.54 Å². The fourth-order valence-corrected chi connectivity index (χ4v) is 4.13. The zero-order valence-corrected chi connectivity index (χ0v) is 23.6. The molecule has 8 nitrogen and oxygen atoms in total. The number of rotatable bonds is 12. The molecule has 1 aromatic carbocycles. The maximum absolute atomic E-state index is 14.0. The maximum atomic E-state index is 14.0. The SMILES string of the molecule is CCCC(C)NC(=O)C(c1cccc(C)c1O)N(CCC)C(=O)C(CC(C)C)NC(=O)OC(C)(C)C. The Balaban J connectivity index is 3.51. The molecular formula is C28H47N3O5. The second-order valence-electron chi connectivity index (χ2n) is 11.0. The Kier molecular flexibility index (Phi) is 12.2. The number of benzene rings is 1. The van der Waals surface area contributed by atoms with Gasteiger partial charge in [-0.1, -0.05) is 52.3 Å². The first-order chi connectivity index (χ1) is 16.7. The van der Waals surface area contributed by atoms with E-state index in [0.717, 1.165) is 12.8 Å². The first-order valence-electron chi connectivity index (χ1n) is 13.1. The van der Waals surface area contributed by atoms with Gasteiger partial charge in [-0.3, -0.25) is 9.59 Å². The van der Waals surface area contributed by atoms with Crippen molar-refractivity contribution < 1.29 is 24.2 Å². The van der Waals surface area contributed by atoms with Crippen LogP contribution in [-0.2, 0) is 14.3 Å².